The molecule has 382 valence electrons. The Balaban J connectivity index is 1.57. The maximum Gasteiger partial charge on any atom is 0.220 e. The molecule has 19 nitrogen and oxygen atoms in total. The summed E-state index contributed by atoms with van der Waals surface area (Å²) in [5.41, 5.74) is 0. The van der Waals surface area contributed by atoms with Crippen LogP contribution in [0.25, 0.3) is 0 Å². The Bertz CT molecular complexity index is 1260. The van der Waals surface area contributed by atoms with Gasteiger partial charge in [-0.3, -0.25) is 4.79 Å². The van der Waals surface area contributed by atoms with E-state index >= 15 is 0 Å². The second-order valence-electron chi connectivity index (χ2n) is 17.9. The first-order valence-electron chi connectivity index (χ1n) is 24.4. The van der Waals surface area contributed by atoms with E-state index in [1.54, 1.807) is 6.08 Å². The van der Waals surface area contributed by atoms with E-state index in [4.69, 9.17) is 28.4 Å². The predicted octanol–water partition coefficient (Wildman–Crippen LogP) is 0.695. The number of unbranched alkanes of at least 4 members (excludes halogenated alkanes) is 17. The standard InChI is InChI=1S/C46H85NO18/c1-3-5-7-9-11-13-14-15-16-18-20-22-24-34(52)47-29(30(51)23-21-19-17-12-10-8-6-4-2)28-60-44-40(58)37(55)42(32(26-49)62-44)65-46-41(59)38(56)43(33(27-50)63-46)64-45-39(57)36(54)35(53)31(25-48)61-45/h21,23,29-33,35-46,48-51,53-59H,3-20,22,24-28H2,1-2H3,(H,47,52)/b23-21+. The molecule has 17 unspecified atom stereocenters. The maximum absolute atomic E-state index is 13.1. The van der Waals surface area contributed by atoms with Crippen molar-refractivity contribution in [2.45, 2.75) is 247 Å². The third-order valence-corrected chi connectivity index (χ3v) is 12.6. The highest BCUT2D eigenvalue weighted by atomic mass is 16.8. The van der Waals surface area contributed by atoms with E-state index in [1.165, 1.54) is 64.2 Å². The lowest BCUT2D eigenvalue weighted by molar-refractivity contribution is -0.379. The SMILES string of the molecule is CCCCCCCC/C=C/C(O)C(COC1OC(CO)C(OC2OC(CO)C(OC3OC(CO)C(O)C(O)C3O)C(O)C2O)C(O)C1O)NC(=O)CCCCCCCCCCCCCC. The molecule has 0 aliphatic carbocycles. The van der Waals surface area contributed by atoms with Crippen molar-refractivity contribution >= 4 is 5.91 Å². The molecule has 17 atom stereocenters. The minimum Gasteiger partial charge on any atom is -0.394 e. The number of rotatable bonds is 33. The number of aliphatic hydroxyl groups excluding tert-OH is 11. The molecule has 0 radical (unpaired) electrons. The van der Waals surface area contributed by atoms with Crippen LogP contribution in [0.5, 0.6) is 0 Å². The Morgan fingerprint density at radius 1 is 0.538 bits per heavy atom. The van der Waals surface area contributed by atoms with Gasteiger partial charge in [-0.1, -0.05) is 129 Å². The highest BCUT2D eigenvalue weighted by Crippen LogP contribution is 2.33. The van der Waals surface area contributed by atoms with Gasteiger partial charge in [0.1, 0.15) is 73.2 Å². The minimum absolute atomic E-state index is 0.247. The highest BCUT2D eigenvalue weighted by Gasteiger charge is 2.53. The van der Waals surface area contributed by atoms with E-state index in [-0.39, 0.29) is 18.9 Å². The fourth-order valence-electron chi connectivity index (χ4n) is 8.42. The van der Waals surface area contributed by atoms with E-state index in [0.29, 0.717) is 6.42 Å². The van der Waals surface area contributed by atoms with Crippen LogP contribution in [0.1, 0.15) is 142 Å². The maximum atomic E-state index is 13.1. The fraction of sp³-hybridized carbons (Fsp3) is 0.935. The molecule has 0 bridgehead atoms. The predicted molar refractivity (Wildman–Crippen MR) is 236 cm³/mol. The third kappa shape index (κ3) is 19.1. The van der Waals surface area contributed by atoms with Crippen LogP contribution in [0.15, 0.2) is 12.2 Å². The summed E-state index contributed by atoms with van der Waals surface area (Å²) in [7, 11) is 0. The first-order chi connectivity index (χ1) is 31.3. The van der Waals surface area contributed by atoms with Gasteiger partial charge in [0.05, 0.1) is 38.6 Å². The van der Waals surface area contributed by atoms with Gasteiger partial charge in [-0.15, -0.1) is 0 Å². The fourth-order valence-corrected chi connectivity index (χ4v) is 8.42. The molecule has 3 aliphatic heterocycles. The largest absolute Gasteiger partial charge is 0.394 e. The smallest absolute Gasteiger partial charge is 0.220 e. The van der Waals surface area contributed by atoms with Crippen molar-refractivity contribution in [2.24, 2.45) is 0 Å². The lowest BCUT2D eigenvalue weighted by Crippen LogP contribution is -2.66. The molecule has 3 aliphatic rings. The van der Waals surface area contributed by atoms with Crippen molar-refractivity contribution in [2.75, 3.05) is 26.4 Å². The first kappa shape index (κ1) is 57.8. The summed E-state index contributed by atoms with van der Waals surface area (Å²) in [4.78, 5) is 13.1. The molecule has 65 heavy (non-hydrogen) atoms. The van der Waals surface area contributed by atoms with Crippen LogP contribution in [0.3, 0.4) is 0 Å². The Hall–Kier alpha value is -1.47. The highest BCUT2D eigenvalue weighted by molar-refractivity contribution is 5.76. The van der Waals surface area contributed by atoms with Gasteiger partial charge in [0, 0.05) is 6.42 Å². The number of carbonyl (C=O) groups is 1. The Labute approximate surface area is 385 Å². The van der Waals surface area contributed by atoms with Gasteiger partial charge >= 0.3 is 0 Å². The van der Waals surface area contributed by atoms with Crippen molar-refractivity contribution < 1.29 is 89.4 Å². The number of aliphatic hydroxyl groups is 11. The van der Waals surface area contributed by atoms with Crippen LogP contribution in [0.4, 0.5) is 0 Å². The Kier molecular flexibility index (Phi) is 28.8. The van der Waals surface area contributed by atoms with Gasteiger partial charge < -0.3 is 89.9 Å². The molecule has 0 aromatic heterocycles. The van der Waals surface area contributed by atoms with Crippen molar-refractivity contribution in [3.63, 3.8) is 0 Å². The van der Waals surface area contributed by atoms with Crippen LogP contribution < -0.4 is 5.32 Å². The monoisotopic (exact) mass is 940 g/mol. The van der Waals surface area contributed by atoms with Gasteiger partial charge in [-0.25, -0.2) is 0 Å². The number of carbonyl (C=O) groups excluding carboxylic acids is 1. The van der Waals surface area contributed by atoms with Crippen LogP contribution >= 0.6 is 0 Å². The molecule has 0 spiro atoms. The molecule has 0 saturated carbocycles. The molecule has 0 aromatic rings. The Morgan fingerprint density at radius 2 is 0.954 bits per heavy atom. The zero-order chi connectivity index (χ0) is 47.7. The zero-order valence-electron chi connectivity index (χ0n) is 38.7. The number of amides is 1. The van der Waals surface area contributed by atoms with Gasteiger partial charge in [-0.05, 0) is 19.3 Å². The number of allylic oxidation sites excluding steroid dienone is 1. The summed E-state index contributed by atoms with van der Waals surface area (Å²) in [6, 6.07) is -0.962. The number of ether oxygens (including phenoxy) is 6. The molecule has 3 rings (SSSR count). The second-order valence-corrected chi connectivity index (χ2v) is 17.9. The van der Waals surface area contributed by atoms with Crippen LogP contribution in [0.2, 0.25) is 0 Å². The van der Waals surface area contributed by atoms with Crippen molar-refractivity contribution in [1.82, 2.24) is 5.32 Å². The average molecular weight is 940 g/mol. The molecule has 12 N–H and O–H groups in total. The lowest BCUT2D eigenvalue weighted by Gasteiger charge is -2.48. The molecule has 19 heteroatoms. The molecule has 0 aromatic carbocycles. The van der Waals surface area contributed by atoms with Crippen LogP contribution in [0, 0.1) is 0 Å². The van der Waals surface area contributed by atoms with Gasteiger partial charge in [0.2, 0.25) is 5.91 Å². The van der Waals surface area contributed by atoms with E-state index in [9.17, 15) is 61.0 Å². The number of nitrogens with one attached hydrogen (secondary N) is 1. The summed E-state index contributed by atoms with van der Waals surface area (Å²) in [5, 5.41) is 119. The van der Waals surface area contributed by atoms with E-state index in [0.717, 1.165) is 51.4 Å². The average Bonchev–Trinajstić information content (AvgIpc) is 3.30. The number of hydrogen-bond donors (Lipinski definition) is 12. The summed E-state index contributed by atoms with van der Waals surface area (Å²) in [5.74, 6) is -0.281. The van der Waals surface area contributed by atoms with Crippen LogP contribution in [-0.2, 0) is 33.2 Å². The minimum atomic E-state index is -1.97. The Morgan fingerprint density at radius 3 is 1.45 bits per heavy atom. The normalized spacial score (nSPS) is 34.2. The molecule has 3 saturated heterocycles. The van der Waals surface area contributed by atoms with Crippen molar-refractivity contribution in [3.05, 3.63) is 12.2 Å². The summed E-state index contributed by atoms with van der Waals surface area (Å²) < 4.78 is 34.0. The van der Waals surface area contributed by atoms with Gasteiger partial charge in [0.15, 0.2) is 18.9 Å². The summed E-state index contributed by atoms with van der Waals surface area (Å²) >= 11 is 0. The number of hydrogen-bond acceptors (Lipinski definition) is 18. The van der Waals surface area contributed by atoms with Crippen LogP contribution in [-0.4, -0.2) is 193 Å². The quantitative estimate of drug-likeness (QED) is 0.0318. The topological polar surface area (TPSA) is 307 Å². The van der Waals surface area contributed by atoms with E-state index in [1.807, 2.05) is 6.08 Å². The molecule has 1 amide bonds. The van der Waals surface area contributed by atoms with E-state index < -0.39 is 124 Å². The molecular weight excluding hydrogens is 854 g/mol. The molecule has 3 fully saturated rings. The first-order valence-corrected chi connectivity index (χ1v) is 24.4. The molecular formula is C46H85NO18. The third-order valence-electron chi connectivity index (χ3n) is 12.6. The van der Waals surface area contributed by atoms with E-state index in [2.05, 4.69) is 19.2 Å². The summed E-state index contributed by atoms with van der Waals surface area (Å²) in [6.45, 7) is 1.62. The van der Waals surface area contributed by atoms with Crippen molar-refractivity contribution in [3.8, 4) is 0 Å². The summed E-state index contributed by atoms with van der Waals surface area (Å²) in [6.07, 6.45) is -1.79. The molecule has 3 heterocycles. The van der Waals surface area contributed by atoms with Gasteiger partial charge in [-0.2, -0.15) is 0 Å². The second kappa shape index (κ2) is 32.4. The van der Waals surface area contributed by atoms with Crippen molar-refractivity contribution in [1.29, 1.82) is 0 Å². The lowest BCUT2D eigenvalue weighted by atomic mass is 9.96. The van der Waals surface area contributed by atoms with Gasteiger partial charge in [0.25, 0.3) is 0 Å². The zero-order valence-corrected chi connectivity index (χ0v) is 38.7.